The van der Waals surface area contributed by atoms with Crippen LogP contribution in [0, 0.1) is 25.1 Å². The molecule has 2 aromatic rings. The number of fused-ring (bicyclic) bond motifs is 1. The molecule has 1 aliphatic heterocycles. The van der Waals surface area contributed by atoms with Crippen LogP contribution in [0.25, 0.3) is 0 Å². The molecular weight excluding hydrogens is 289 g/mol. The van der Waals surface area contributed by atoms with E-state index in [0.717, 1.165) is 29.8 Å². The quantitative estimate of drug-likeness (QED) is 0.800. The fourth-order valence-corrected chi connectivity index (χ4v) is 4.19. The van der Waals surface area contributed by atoms with Crippen LogP contribution in [0.15, 0.2) is 30.3 Å². The number of hydrogen-bond donors (Lipinski definition) is 1. The molecule has 1 fully saturated rings. The van der Waals surface area contributed by atoms with E-state index >= 15 is 0 Å². The van der Waals surface area contributed by atoms with Gasteiger partial charge in [0, 0.05) is 17.9 Å². The highest BCUT2D eigenvalue weighted by atomic mass is 19.1. The summed E-state index contributed by atoms with van der Waals surface area (Å²) in [6.45, 7) is 5.02. The second-order valence-corrected chi connectivity index (χ2v) is 7.25. The third-order valence-electron chi connectivity index (χ3n) is 5.80. The number of benzene rings is 2. The first-order valence-electron chi connectivity index (χ1n) is 8.34. The zero-order valence-electron chi connectivity index (χ0n) is 13.7. The molecule has 2 nitrogen and oxygen atoms in total. The van der Waals surface area contributed by atoms with Crippen LogP contribution in [0.2, 0.25) is 0 Å². The summed E-state index contributed by atoms with van der Waals surface area (Å²) in [6, 6.07) is 8.71. The average molecular weight is 311 g/mol. The van der Waals surface area contributed by atoms with Gasteiger partial charge in [0.15, 0.2) is 0 Å². The van der Waals surface area contributed by atoms with E-state index in [1.54, 1.807) is 0 Å². The Morgan fingerprint density at radius 3 is 2.39 bits per heavy atom. The molecule has 2 aliphatic rings. The molecule has 0 radical (unpaired) electrons. The van der Waals surface area contributed by atoms with Gasteiger partial charge >= 0.3 is 0 Å². The number of phenols is 1. The van der Waals surface area contributed by atoms with Gasteiger partial charge in [0.2, 0.25) is 0 Å². The SMILES string of the molecule is Cc1c(O)cc2c(c1C)N(c1ccc(F)cc1)CC1(CCC1)C2. The van der Waals surface area contributed by atoms with E-state index in [9.17, 15) is 9.50 Å². The molecule has 2 aromatic carbocycles. The van der Waals surface area contributed by atoms with Crippen LogP contribution in [0.1, 0.15) is 36.0 Å². The molecule has 120 valence electrons. The molecular formula is C20H22FNO. The number of hydrogen-bond acceptors (Lipinski definition) is 2. The Balaban J connectivity index is 1.88. The molecule has 0 bridgehead atoms. The Morgan fingerprint density at radius 1 is 1.09 bits per heavy atom. The molecule has 3 heteroatoms. The molecule has 0 amide bonds. The highest BCUT2D eigenvalue weighted by molar-refractivity contribution is 5.74. The van der Waals surface area contributed by atoms with Gasteiger partial charge < -0.3 is 10.0 Å². The zero-order chi connectivity index (χ0) is 16.2. The summed E-state index contributed by atoms with van der Waals surface area (Å²) < 4.78 is 13.3. The molecule has 0 saturated heterocycles. The van der Waals surface area contributed by atoms with E-state index in [4.69, 9.17) is 0 Å². The third-order valence-corrected chi connectivity index (χ3v) is 5.80. The van der Waals surface area contributed by atoms with Crippen molar-refractivity contribution in [3.63, 3.8) is 0 Å². The smallest absolute Gasteiger partial charge is 0.123 e. The Morgan fingerprint density at radius 2 is 1.78 bits per heavy atom. The van der Waals surface area contributed by atoms with Crippen molar-refractivity contribution in [2.24, 2.45) is 5.41 Å². The second-order valence-electron chi connectivity index (χ2n) is 7.25. The lowest BCUT2D eigenvalue weighted by atomic mass is 9.63. The third kappa shape index (κ3) is 2.21. The maximum Gasteiger partial charge on any atom is 0.123 e. The van der Waals surface area contributed by atoms with Crippen LogP contribution in [-0.2, 0) is 6.42 Å². The van der Waals surface area contributed by atoms with Crippen LogP contribution in [0.5, 0.6) is 5.75 Å². The average Bonchev–Trinajstić information content (AvgIpc) is 2.51. The zero-order valence-corrected chi connectivity index (χ0v) is 13.7. The van der Waals surface area contributed by atoms with E-state index in [0.29, 0.717) is 11.2 Å². The highest BCUT2D eigenvalue weighted by Gasteiger charge is 2.43. The van der Waals surface area contributed by atoms with E-state index in [-0.39, 0.29) is 5.82 Å². The molecule has 4 rings (SSSR count). The molecule has 1 aliphatic carbocycles. The van der Waals surface area contributed by atoms with Crippen LogP contribution >= 0.6 is 0 Å². The van der Waals surface area contributed by atoms with Crippen molar-refractivity contribution < 1.29 is 9.50 Å². The molecule has 1 saturated carbocycles. The number of phenolic OH excluding ortho intramolecular Hbond substituents is 1. The number of rotatable bonds is 1. The van der Waals surface area contributed by atoms with Gasteiger partial charge in [-0.25, -0.2) is 4.39 Å². The number of halogens is 1. The summed E-state index contributed by atoms with van der Waals surface area (Å²) in [5.74, 6) is 0.180. The van der Waals surface area contributed by atoms with Crippen molar-refractivity contribution in [1.82, 2.24) is 0 Å². The molecule has 23 heavy (non-hydrogen) atoms. The van der Waals surface area contributed by atoms with Crippen molar-refractivity contribution in [2.75, 3.05) is 11.4 Å². The lowest BCUT2D eigenvalue weighted by Crippen LogP contribution is -2.46. The summed E-state index contributed by atoms with van der Waals surface area (Å²) in [7, 11) is 0. The number of aromatic hydroxyl groups is 1. The molecule has 0 unspecified atom stereocenters. The summed E-state index contributed by atoms with van der Waals surface area (Å²) in [6.07, 6.45) is 4.79. The van der Waals surface area contributed by atoms with Crippen molar-refractivity contribution in [3.8, 4) is 5.75 Å². The standard InChI is InChI=1S/C20H22FNO/c1-13-14(2)19-15(10-18(13)23)11-20(8-3-9-20)12-22(19)17-6-4-16(21)5-7-17/h4-7,10,23H,3,8-9,11-12H2,1-2H3. The van der Waals surface area contributed by atoms with E-state index < -0.39 is 0 Å². The molecule has 0 atom stereocenters. The van der Waals surface area contributed by atoms with Gasteiger partial charge in [-0.2, -0.15) is 0 Å². The summed E-state index contributed by atoms with van der Waals surface area (Å²) >= 11 is 0. The minimum Gasteiger partial charge on any atom is -0.508 e. The Labute approximate surface area is 136 Å². The Kier molecular flexibility index (Phi) is 3.15. The predicted octanol–water partition coefficient (Wildman–Crippen LogP) is 5.01. The van der Waals surface area contributed by atoms with Crippen molar-refractivity contribution >= 4 is 11.4 Å². The van der Waals surface area contributed by atoms with Crippen LogP contribution < -0.4 is 4.90 Å². The highest BCUT2D eigenvalue weighted by Crippen LogP contribution is 2.52. The molecule has 0 aromatic heterocycles. The first kappa shape index (κ1) is 14.6. The first-order valence-corrected chi connectivity index (χ1v) is 8.34. The summed E-state index contributed by atoms with van der Waals surface area (Å²) in [4.78, 5) is 2.33. The second kappa shape index (κ2) is 4.98. The summed E-state index contributed by atoms with van der Waals surface area (Å²) in [5.41, 5.74) is 5.83. The topological polar surface area (TPSA) is 23.5 Å². The van der Waals surface area contributed by atoms with Gasteiger partial charge in [-0.1, -0.05) is 6.42 Å². The van der Waals surface area contributed by atoms with E-state index in [1.807, 2.05) is 25.1 Å². The molecule has 1 spiro atoms. The minimum absolute atomic E-state index is 0.206. The first-order chi connectivity index (χ1) is 11.0. The largest absolute Gasteiger partial charge is 0.508 e. The maximum atomic E-state index is 13.3. The predicted molar refractivity (Wildman–Crippen MR) is 91.0 cm³/mol. The van der Waals surface area contributed by atoms with Crippen LogP contribution in [0.3, 0.4) is 0 Å². The minimum atomic E-state index is -0.206. The monoisotopic (exact) mass is 311 g/mol. The van der Waals surface area contributed by atoms with Gasteiger partial charge in [-0.05, 0) is 85.5 Å². The van der Waals surface area contributed by atoms with Gasteiger partial charge in [-0.3, -0.25) is 0 Å². The van der Waals surface area contributed by atoms with Gasteiger partial charge in [0.25, 0.3) is 0 Å². The van der Waals surface area contributed by atoms with Crippen LogP contribution in [0.4, 0.5) is 15.8 Å². The maximum absolute atomic E-state index is 13.3. The lowest BCUT2D eigenvalue weighted by molar-refractivity contribution is 0.138. The van der Waals surface area contributed by atoms with Gasteiger partial charge in [-0.15, -0.1) is 0 Å². The fourth-order valence-electron chi connectivity index (χ4n) is 4.19. The van der Waals surface area contributed by atoms with E-state index in [1.165, 1.54) is 42.6 Å². The van der Waals surface area contributed by atoms with Crippen LogP contribution in [-0.4, -0.2) is 11.7 Å². The number of nitrogens with zero attached hydrogens (tertiary/aromatic N) is 1. The number of anilines is 2. The van der Waals surface area contributed by atoms with Crippen molar-refractivity contribution in [2.45, 2.75) is 39.5 Å². The molecule has 1 heterocycles. The normalized spacial score (nSPS) is 18.7. The van der Waals surface area contributed by atoms with E-state index in [2.05, 4.69) is 11.8 Å². The fraction of sp³-hybridized carbons (Fsp3) is 0.400. The van der Waals surface area contributed by atoms with Crippen molar-refractivity contribution in [3.05, 3.63) is 52.8 Å². The molecule has 1 N–H and O–H groups in total. The Hall–Kier alpha value is -2.03. The lowest BCUT2D eigenvalue weighted by Gasteiger charge is -2.50. The Bertz CT molecular complexity index is 762. The van der Waals surface area contributed by atoms with Gasteiger partial charge in [0.1, 0.15) is 11.6 Å². The summed E-state index contributed by atoms with van der Waals surface area (Å²) in [5, 5.41) is 10.2. The van der Waals surface area contributed by atoms with Gasteiger partial charge in [0.05, 0.1) is 0 Å². The van der Waals surface area contributed by atoms with Crippen molar-refractivity contribution in [1.29, 1.82) is 0 Å².